The van der Waals surface area contributed by atoms with Crippen LogP contribution in [0.15, 0.2) is 18.3 Å². The fourth-order valence-corrected chi connectivity index (χ4v) is 1.92. The van der Waals surface area contributed by atoms with Crippen LogP contribution in [-0.2, 0) is 16.2 Å². The molecule has 19 heavy (non-hydrogen) atoms. The summed E-state index contributed by atoms with van der Waals surface area (Å²) in [6, 6.07) is 3.55. The molecule has 0 radical (unpaired) electrons. The molecule has 0 aliphatic heterocycles. The van der Waals surface area contributed by atoms with E-state index in [4.69, 9.17) is 9.47 Å². The molecule has 2 heterocycles. The van der Waals surface area contributed by atoms with Crippen molar-refractivity contribution in [1.82, 2.24) is 14.8 Å². The van der Waals surface area contributed by atoms with Crippen LogP contribution in [0.25, 0.3) is 11.0 Å². The van der Waals surface area contributed by atoms with Gasteiger partial charge in [0.1, 0.15) is 6.73 Å². The molecule has 0 aliphatic rings. The summed E-state index contributed by atoms with van der Waals surface area (Å²) in [5.74, 6) is 0.442. The number of aromatic nitrogens is 3. The highest BCUT2D eigenvalue weighted by atomic mass is 32.2. The minimum absolute atomic E-state index is 0.263. The number of hydrogen-bond acceptors (Lipinski definition) is 6. The average Bonchev–Trinajstić information content (AvgIpc) is 2.82. The van der Waals surface area contributed by atoms with Gasteiger partial charge in [-0.1, -0.05) is 0 Å². The summed E-state index contributed by atoms with van der Waals surface area (Å²) in [7, 11) is 1.33. The van der Waals surface area contributed by atoms with Crippen LogP contribution < -0.4 is 0 Å². The molecule has 102 valence electrons. The van der Waals surface area contributed by atoms with Gasteiger partial charge in [0.05, 0.1) is 19.1 Å². The number of carbonyl (C=O) groups excluding carboxylic acids is 1. The Bertz CT molecular complexity index is 570. The average molecular weight is 281 g/mol. The Morgan fingerprint density at radius 2 is 2.37 bits per heavy atom. The minimum atomic E-state index is -0.471. The van der Waals surface area contributed by atoms with Crippen LogP contribution in [0, 0.1) is 0 Å². The van der Waals surface area contributed by atoms with Crippen molar-refractivity contribution in [3.05, 3.63) is 24.0 Å². The van der Waals surface area contributed by atoms with Gasteiger partial charge in [0.25, 0.3) is 0 Å². The van der Waals surface area contributed by atoms with Gasteiger partial charge in [0.15, 0.2) is 11.3 Å². The molecule has 0 saturated carbocycles. The van der Waals surface area contributed by atoms with Crippen LogP contribution in [0.3, 0.4) is 0 Å². The van der Waals surface area contributed by atoms with Gasteiger partial charge in [-0.2, -0.15) is 16.9 Å². The van der Waals surface area contributed by atoms with Crippen molar-refractivity contribution in [2.45, 2.75) is 6.73 Å². The number of rotatable bonds is 6. The highest BCUT2D eigenvalue weighted by Crippen LogP contribution is 2.16. The fraction of sp³-hybridized carbons (Fsp3) is 0.417. The molecule has 2 rings (SSSR count). The number of methoxy groups -OCH3 is 1. The predicted molar refractivity (Wildman–Crippen MR) is 73.2 cm³/mol. The van der Waals surface area contributed by atoms with E-state index in [1.165, 1.54) is 7.11 Å². The summed E-state index contributed by atoms with van der Waals surface area (Å²) >= 11 is 1.71. The molecular formula is C12H15N3O3S. The second-order valence-corrected chi connectivity index (χ2v) is 4.73. The number of pyridine rings is 1. The lowest BCUT2D eigenvalue weighted by molar-refractivity contribution is 0.0586. The zero-order valence-corrected chi connectivity index (χ0v) is 11.6. The summed E-state index contributed by atoms with van der Waals surface area (Å²) in [6.07, 6.45) is 3.67. The van der Waals surface area contributed by atoms with Gasteiger partial charge >= 0.3 is 5.97 Å². The van der Waals surface area contributed by atoms with E-state index in [-0.39, 0.29) is 12.4 Å². The maximum atomic E-state index is 11.6. The SMILES string of the molecule is COC(=O)c1nn(COCCSC)c2ncccc12. The molecule has 2 aromatic rings. The first-order chi connectivity index (χ1) is 9.27. The quantitative estimate of drug-likeness (QED) is 0.591. The zero-order chi connectivity index (χ0) is 13.7. The molecule has 2 aromatic heterocycles. The third kappa shape index (κ3) is 3.05. The summed E-state index contributed by atoms with van der Waals surface area (Å²) in [5, 5.41) is 4.87. The van der Waals surface area contributed by atoms with Crippen molar-refractivity contribution >= 4 is 28.8 Å². The van der Waals surface area contributed by atoms with Crippen molar-refractivity contribution in [3.8, 4) is 0 Å². The predicted octanol–water partition coefficient (Wildman–Crippen LogP) is 1.55. The molecule has 0 bridgehead atoms. The van der Waals surface area contributed by atoms with E-state index in [2.05, 4.69) is 10.1 Å². The summed E-state index contributed by atoms with van der Waals surface area (Å²) in [6.45, 7) is 0.897. The lowest BCUT2D eigenvalue weighted by atomic mass is 10.3. The molecule has 0 saturated heterocycles. The van der Waals surface area contributed by atoms with Gasteiger partial charge < -0.3 is 9.47 Å². The topological polar surface area (TPSA) is 66.2 Å². The highest BCUT2D eigenvalue weighted by Gasteiger charge is 2.18. The number of esters is 1. The van der Waals surface area contributed by atoms with E-state index in [1.54, 1.807) is 34.8 Å². The number of nitrogens with zero attached hydrogens (tertiary/aromatic N) is 3. The Kier molecular flexibility index (Phi) is 4.75. The molecule has 0 N–H and O–H groups in total. The number of ether oxygens (including phenoxy) is 2. The molecule has 0 aliphatic carbocycles. The monoisotopic (exact) mass is 281 g/mol. The molecule has 0 spiro atoms. The lowest BCUT2D eigenvalue weighted by Crippen LogP contribution is -2.09. The van der Waals surface area contributed by atoms with E-state index in [0.29, 0.717) is 17.6 Å². The Balaban J connectivity index is 2.26. The summed E-state index contributed by atoms with van der Waals surface area (Å²) in [4.78, 5) is 15.9. The smallest absolute Gasteiger partial charge is 0.359 e. The fourth-order valence-electron chi connectivity index (χ4n) is 1.64. The van der Waals surface area contributed by atoms with Crippen LogP contribution in [-0.4, -0.2) is 46.5 Å². The van der Waals surface area contributed by atoms with Gasteiger partial charge in [-0.25, -0.2) is 14.5 Å². The van der Waals surface area contributed by atoms with Crippen molar-refractivity contribution < 1.29 is 14.3 Å². The second-order valence-electron chi connectivity index (χ2n) is 3.74. The molecule has 0 atom stereocenters. The van der Waals surface area contributed by atoms with Gasteiger partial charge in [0.2, 0.25) is 0 Å². The molecule has 0 fully saturated rings. The maximum absolute atomic E-state index is 11.6. The lowest BCUT2D eigenvalue weighted by Gasteiger charge is -2.03. The normalized spacial score (nSPS) is 10.8. The van der Waals surface area contributed by atoms with Crippen LogP contribution in [0.2, 0.25) is 0 Å². The van der Waals surface area contributed by atoms with Crippen LogP contribution in [0.5, 0.6) is 0 Å². The van der Waals surface area contributed by atoms with E-state index in [1.807, 2.05) is 6.26 Å². The van der Waals surface area contributed by atoms with Crippen LogP contribution in [0.1, 0.15) is 10.5 Å². The van der Waals surface area contributed by atoms with Gasteiger partial charge in [0, 0.05) is 11.9 Å². The van der Waals surface area contributed by atoms with E-state index >= 15 is 0 Å². The Labute approximate surface area is 115 Å². The molecule has 7 heteroatoms. The van der Waals surface area contributed by atoms with E-state index in [0.717, 1.165) is 5.75 Å². The molecule has 0 amide bonds. The van der Waals surface area contributed by atoms with Crippen molar-refractivity contribution in [3.63, 3.8) is 0 Å². The van der Waals surface area contributed by atoms with E-state index in [9.17, 15) is 4.79 Å². The Morgan fingerprint density at radius 1 is 1.53 bits per heavy atom. The summed E-state index contributed by atoms with van der Waals surface area (Å²) < 4.78 is 11.8. The first-order valence-electron chi connectivity index (χ1n) is 5.74. The number of thioether (sulfide) groups is 1. The first-order valence-corrected chi connectivity index (χ1v) is 7.14. The zero-order valence-electron chi connectivity index (χ0n) is 10.8. The number of fused-ring (bicyclic) bond motifs is 1. The molecular weight excluding hydrogens is 266 g/mol. The largest absolute Gasteiger partial charge is 0.464 e. The molecule has 0 unspecified atom stereocenters. The van der Waals surface area contributed by atoms with Crippen LogP contribution >= 0.6 is 11.8 Å². The third-order valence-electron chi connectivity index (χ3n) is 2.53. The number of carbonyl (C=O) groups is 1. The van der Waals surface area contributed by atoms with Crippen molar-refractivity contribution in [1.29, 1.82) is 0 Å². The van der Waals surface area contributed by atoms with Crippen molar-refractivity contribution in [2.24, 2.45) is 0 Å². The van der Waals surface area contributed by atoms with Gasteiger partial charge in [-0.05, 0) is 18.4 Å². The highest BCUT2D eigenvalue weighted by molar-refractivity contribution is 7.98. The van der Waals surface area contributed by atoms with Gasteiger partial charge in [-0.3, -0.25) is 0 Å². The Hall–Kier alpha value is -1.60. The molecule has 0 aromatic carbocycles. The number of hydrogen-bond donors (Lipinski definition) is 0. The molecule has 6 nitrogen and oxygen atoms in total. The summed E-state index contributed by atoms with van der Waals surface area (Å²) in [5.41, 5.74) is 0.881. The standard InChI is InChI=1S/C12H15N3O3S/c1-17-12(16)10-9-4-3-5-13-11(9)15(14-10)8-18-6-7-19-2/h3-5H,6-8H2,1-2H3. The van der Waals surface area contributed by atoms with Crippen molar-refractivity contribution in [2.75, 3.05) is 25.7 Å². The van der Waals surface area contributed by atoms with Crippen LogP contribution in [0.4, 0.5) is 0 Å². The Morgan fingerprint density at radius 3 is 3.11 bits per heavy atom. The minimum Gasteiger partial charge on any atom is -0.464 e. The van der Waals surface area contributed by atoms with Gasteiger partial charge in [-0.15, -0.1) is 0 Å². The maximum Gasteiger partial charge on any atom is 0.359 e. The second kappa shape index (κ2) is 6.53. The first kappa shape index (κ1) is 13.8. The third-order valence-corrected chi connectivity index (χ3v) is 3.11. The van der Waals surface area contributed by atoms with E-state index < -0.39 is 5.97 Å².